The van der Waals surface area contributed by atoms with E-state index in [0.717, 1.165) is 32.2 Å². The lowest BCUT2D eigenvalue weighted by molar-refractivity contribution is -0.141. The third kappa shape index (κ3) is 5.37. The number of primary amides is 1. The van der Waals surface area contributed by atoms with Gasteiger partial charge >= 0.3 is 0 Å². The second-order valence-corrected chi connectivity index (χ2v) is 7.70. The summed E-state index contributed by atoms with van der Waals surface area (Å²) in [7, 11) is 0. The van der Waals surface area contributed by atoms with Crippen molar-refractivity contribution in [3.63, 3.8) is 0 Å². The Hall–Kier alpha value is -1.75. The lowest BCUT2D eigenvalue weighted by Crippen LogP contribution is -2.51. The van der Waals surface area contributed by atoms with Crippen LogP contribution in [-0.4, -0.2) is 36.4 Å². The predicted molar refractivity (Wildman–Crippen MR) is 103 cm³/mol. The monoisotopic (exact) mass is 380 g/mol. The van der Waals surface area contributed by atoms with Crippen molar-refractivity contribution in [2.75, 3.05) is 19.7 Å². The summed E-state index contributed by atoms with van der Waals surface area (Å²) in [5, 5.41) is 0.642. The van der Waals surface area contributed by atoms with E-state index in [9.17, 15) is 9.59 Å². The van der Waals surface area contributed by atoms with Crippen LogP contribution in [0.2, 0.25) is 5.02 Å². The molecule has 1 aromatic carbocycles. The quantitative estimate of drug-likeness (QED) is 0.748. The normalized spacial score (nSPS) is 20.2. The lowest BCUT2D eigenvalue weighted by Gasteiger charge is -2.43. The van der Waals surface area contributed by atoms with E-state index in [4.69, 9.17) is 22.1 Å². The van der Waals surface area contributed by atoms with Crippen molar-refractivity contribution in [1.82, 2.24) is 4.90 Å². The molecule has 0 unspecified atom stereocenters. The molecule has 1 heterocycles. The van der Waals surface area contributed by atoms with Gasteiger partial charge in [-0.25, -0.2) is 0 Å². The Bertz CT molecular complexity index is 616. The van der Waals surface area contributed by atoms with Gasteiger partial charge in [-0.3, -0.25) is 9.59 Å². The van der Waals surface area contributed by atoms with Crippen molar-refractivity contribution in [3.8, 4) is 5.75 Å². The Labute approximate surface area is 160 Å². The zero-order valence-corrected chi connectivity index (χ0v) is 16.4. The number of hydrogen-bond acceptors (Lipinski definition) is 3. The highest BCUT2D eigenvalue weighted by Crippen LogP contribution is 2.35. The maximum atomic E-state index is 12.8. The van der Waals surface area contributed by atoms with Gasteiger partial charge in [-0.2, -0.15) is 0 Å². The number of amides is 2. The molecular weight excluding hydrogens is 352 g/mol. The first-order chi connectivity index (χ1) is 12.4. The minimum atomic E-state index is -0.439. The van der Waals surface area contributed by atoms with Crippen LogP contribution in [0, 0.1) is 11.3 Å². The summed E-state index contributed by atoms with van der Waals surface area (Å²) in [6.07, 6.45) is 3.54. The fourth-order valence-corrected chi connectivity index (χ4v) is 3.87. The van der Waals surface area contributed by atoms with Crippen molar-refractivity contribution in [2.24, 2.45) is 17.1 Å². The number of benzene rings is 1. The number of rotatable bonds is 8. The van der Waals surface area contributed by atoms with Crippen molar-refractivity contribution in [2.45, 2.75) is 46.0 Å². The molecule has 144 valence electrons. The molecule has 0 aromatic heterocycles. The van der Waals surface area contributed by atoms with E-state index in [-0.39, 0.29) is 24.2 Å². The van der Waals surface area contributed by atoms with Crippen LogP contribution in [-0.2, 0) is 9.59 Å². The molecule has 1 fully saturated rings. The molecule has 0 bridgehead atoms. The number of carbonyl (C=O) groups excluding carboxylic acids is 2. The average Bonchev–Trinajstić information content (AvgIpc) is 2.62. The summed E-state index contributed by atoms with van der Waals surface area (Å²) in [6, 6.07) is 7.13. The van der Waals surface area contributed by atoms with Gasteiger partial charge in [-0.1, -0.05) is 25.4 Å². The number of piperidine rings is 1. The Kier molecular flexibility index (Phi) is 7.33. The van der Waals surface area contributed by atoms with Gasteiger partial charge in [0.25, 0.3) is 0 Å². The zero-order chi connectivity index (χ0) is 19.2. The van der Waals surface area contributed by atoms with Crippen molar-refractivity contribution in [1.29, 1.82) is 0 Å². The van der Waals surface area contributed by atoms with Gasteiger partial charge < -0.3 is 15.4 Å². The molecule has 1 aromatic rings. The zero-order valence-electron chi connectivity index (χ0n) is 15.7. The summed E-state index contributed by atoms with van der Waals surface area (Å²) in [4.78, 5) is 26.4. The van der Waals surface area contributed by atoms with Crippen molar-refractivity contribution >= 4 is 23.4 Å². The number of ether oxygens (including phenoxy) is 1. The van der Waals surface area contributed by atoms with E-state index in [1.54, 1.807) is 24.3 Å². The molecule has 26 heavy (non-hydrogen) atoms. The summed E-state index contributed by atoms with van der Waals surface area (Å²) in [5.74, 6) is 0.551. The van der Waals surface area contributed by atoms with E-state index in [2.05, 4.69) is 0 Å². The minimum Gasteiger partial charge on any atom is -0.493 e. The van der Waals surface area contributed by atoms with E-state index in [1.807, 2.05) is 18.7 Å². The largest absolute Gasteiger partial charge is 0.493 e. The Morgan fingerprint density at radius 1 is 1.27 bits per heavy atom. The van der Waals surface area contributed by atoms with E-state index in [1.165, 1.54) is 0 Å². The summed E-state index contributed by atoms with van der Waals surface area (Å²) >= 11 is 5.91. The topological polar surface area (TPSA) is 72.6 Å². The van der Waals surface area contributed by atoms with Crippen LogP contribution >= 0.6 is 11.6 Å². The molecular formula is C20H29ClN2O3. The highest BCUT2D eigenvalue weighted by molar-refractivity contribution is 6.30. The first-order valence-electron chi connectivity index (χ1n) is 9.34. The van der Waals surface area contributed by atoms with Crippen LogP contribution in [0.1, 0.15) is 46.0 Å². The molecule has 0 aliphatic carbocycles. The first-order valence-corrected chi connectivity index (χ1v) is 9.72. The highest BCUT2D eigenvalue weighted by atomic mass is 35.5. The lowest BCUT2D eigenvalue weighted by atomic mass is 9.77. The van der Waals surface area contributed by atoms with E-state index < -0.39 is 5.41 Å². The van der Waals surface area contributed by atoms with Crippen LogP contribution in [0.15, 0.2) is 24.3 Å². The van der Waals surface area contributed by atoms with Crippen molar-refractivity contribution < 1.29 is 14.3 Å². The highest BCUT2D eigenvalue weighted by Gasteiger charge is 2.40. The molecule has 0 spiro atoms. The molecule has 0 saturated carbocycles. The summed E-state index contributed by atoms with van der Waals surface area (Å²) in [6.45, 7) is 5.67. The van der Waals surface area contributed by atoms with Gasteiger partial charge in [0.2, 0.25) is 11.8 Å². The molecule has 1 aliphatic rings. The molecule has 5 nitrogen and oxygen atoms in total. The van der Waals surface area contributed by atoms with E-state index >= 15 is 0 Å². The van der Waals surface area contributed by atoms with Gasteiger partial charge in [-0.15, -0.1) is 0 Å². The molecule has 2 rings (SSSR count). The molecule has 1 saturated heterocycles. The van der Waals surface area contributed by atoms with Gasteiger partial charge in [0, 0.05) is 35.9 Å². The number of likely N-dealkylation sites (tertiary alicyclic amines) is 1. The van der Waals surface area contributed by atoms with Gasteiger partial charge in [0.15, 0.2) is 0 Å². The number of nitrogens with two attached hydrogens (primary N) is 1. The van der Waals surface area contributed by atoms with Crippen LogP contribution in [0.4, 0.5) is 0 Å². The Morgan fingerprint density at radius 2 is 1.92 bits per heavy atom. The number of carbonyl (C=O) groups is 2. The third-order valence-electron chi connectivity index (χ3n) is 5.22. The summed E-state index contributed by atoms with van der Waals surface area (Å²) in [5.41, 5.74) is 5.08. The summed E-state index contributed by atoms with van der Waals surface area (Å²) < 4.78 is 5.94. The van der Waals surface area contributed by atoms with Crippen LogP contribution in [0.3, 0.4) is 0 Å². The molecule has 1 aliphatic heterocycles. The maximum absolute atomic E-state index is 12.8. The standard InChI is InChI=1S/C20H29ClN2O3/c1-3-15(4-2)19(25)23-11-5-10-20(13-23,12-18(22)24)14-26-17-8-6-16(21)7-9-17/h6-9,15H,3-5,10-14H2,1-2H3,(H2,22,24)/t20-/m1/s1. The second-order valence-electron chi connectivity index (χ2n) is 7.26. The maximum Gasteiger partial charge on any atom is 0.225 e. The van der Waals surface area contributed by atoms with Crippen molar-refractivity contribution in [3.05, 3.63) is 29.3 Å². The minimum absolute atomic E-state index is 0.0385. The molecule has 2 N–H and O–H groups in total. The first kappa shape index (κ1) is 20.6. The van der Waals surface area contributed by atoms with Crippen LogP contribution in [0.5, 0.6) is 5.75 Å². The SMILES string of the molecule is CCC(CC)C(=O)N1CCC[C@@](COc2ccc(Cl)cc2)(CC(N)=O)C1. The number of nitrogens with zero attached hydrogens (tertiary/aromatic N) is 1. The van der Waals surface area contributed by atoms with Gasteiger partial charge in [0.1, 0.15) is 5.75 Å². The Morgan fingerprint density at radius 3 is 2.50 bits per heavy atom. The van der Waals surface area contributed by atoms with Gasteiger partial charge in [0.05, 0.1) is 6.61 Å². The number of halogens is 1. The van der Waals surface area contributed by atoms with E-state index in [0.29, 0.717) is 23.9 Å². The second kappa shape index (κ2) is 9.26. The predicted octanol–water partition coefficient (Wildman–Crippen LogP) is 3.64. The molecule has 2 amide bonds. The fourth-order valence-electron chi connectivity index (χ4n) is 3.74. The third-order valence-corrected chi connectivity index (χ3v) is 5.47. The van der Waals surface area contributed by atoms with Crippen LogP contribution in [0.25, 0.3) is 0 Å². The van der Waals surface area contributed by atoms with Crippen LogP contribution < -0.4 is 10.5 Å². The Balaban J connectivity index is 2.12. The van der Waals surface area contributed by atoms with Gasteiger partial charge in [-0.05, 0) is 49.9 Å². The average molecular weight is 381 g/mol. The smallest absolute Gasteiger partial charge is 0.225 e. The molecule has 6 heteroatoms. The fraction of sp³-hybridized carbons (Fsp3) is 0.600. The molecule has 1 atom stereocenters. The molecule has 0 radical (unpaired) electrons. The number of hydrogen-bond donors (Lipinski definition) is 1.